The number of aromatic nitrogens is 2. The molecular formula is C19H20N8O4S2. The van der Waals surface area contributed by atoms with Gasteiger partial charge in [0.1, 0.15) is 4.90 Å². The maximum absolute atomic E-state index is 13.4. The van der Waals surface area contributed by atoms with Gasteiger partial charge in [0.15, 0.2) is 28.3 Å². The highest BCUT2D eigenvalue weighted by atomic mass is 32.2. The van der Waals surface area contributed by atoms with Gasteiger partial charge in [-0.3, -0.25) is 0 Å². The van der Waals surface area contributed by atoms with E-state index >= 15 is 0 Å². The van der Waals surface area contributed by atoms with Crippen LogP contribution < -0.4 is 16.2 Å². The van der Waals surface area contributed by atoms with Gasteiger partial charge < -0.3 is 16.0 Å². The minimum Gasteiger partial charge on any atom is -0.369 e. The average Bonchev–Trinajstić information content (AvgIpc) is 3.52. The molecule has 3 aromatic rings. The number of anilines is 1. The third kappa shape index (κ3) is 3.60. The average molecular weight is 489 g/mol. The first kappa shape index (κ1) is 21.6. The summed E-state index contributed by atoms with van der Waals surface area (Å²) in [6.07, 6.45) is 0.357. The second-order valence-corrected chi connectivity index (χ2v) is 11.4. The van der Waals surface area contributed by atoms with E-state index in [1.165, 1.54) is 12.1 Å². The minimum absolute atomic E-state index is 0.0120. The van der Waals surface area contributed by atoms with Crippen molar-refractivity contribution in [3.8, 4) is 11.1 Å². The number of hydrogen-bond donors (Lipinski definition) is 4. The molecule has 0 amide bonds. The van der Waals surface area contributed by atoms with Gasteiger partial charge in [-0.2, -0.15) is 5.11 Å². The lowest BCUT2D eigenvalue weighted by atomic mass is 9.97. The number of H-pyrrole nitrogens is 1. The van der Waals surface area contributed by atoms with E-state index in [1.54, 1.807) is 18.2 Å². The predicted molar refractivity (Wildman–Crippen MR) is 122 cm³/mol. The summed E-state index contributed by atoms with van der Waals surface area (Å²) in [5, 5.41) is 15.6. The second-order valence-electron chi connectivity index (χ2n) is 7.71. The zero-order valence-electron chi connectivity index (χ0n) is 17.2. The monoisotopic (exact) mass is 488 g/mol. The predicted octanol–water partition coefficient (Wildman–Crippen LogP) is 0.765. The molecule has 0 aliphatic carbocycles. The van der Waals surface area contributed by atoms with Gasteiger partial charge in [-0.15, -0.1) is 5.11 Å². The fourth-order valence-corrected chi connectivity index (χ4v) is 7.49. The minimum atomic E-state index is -4.53. The summed E-state index contributed by atoms with van der Waals surface area (Å²) in [5.41, 5.74) is 7.75. The van der Waals surface area contributed by atoms with Crippen LogP contribution in [0.15, 0.2) is 55.3 Å². The molecule has 1 atom stereocenters. The zero-order valence-corrected chi connectivity index (χ0v) is 18.8. The van der Waals surface area contributed by atoms with E-state index in [-0.39, 0.29) is 35.5 Å². The third-order valence-corrected chi connectivity index (χ3v) is 9.02. The van der Waals surface area contributed by atoms with Crippen LogP contribution in [0.5, 0.6) is 0 Å². The van der Waals surface area contributed by atoms with E-state index in [0.717, 1.165) is 0 Å². The van der Waals surface area contributed by atoms with E-state index in [2.05, 4.69) is 30.5 Å². The molecular weight excluding hydrogens is 468 g/mol. The van der Waals surface area contributed by atoms with Crippen molar-refractivity contribution in [2.45, 2.75) is 21.5 Å². The molecule has 1 saturated heterocycles. The third-order valence-electron chi connectivity index (χ3n) is 5.66. The number of aromatic amines is 1. The first-order valence-electron chi connectivity index (χ1n) is 9.99. The maximum atomic E-state index is 13.4. The quantitative estimate of drug-likeness (QED) is 0.406. The molecule has 0 unspecified atom stereocenters. The molecule has 12 nitrogen and oxygen atoms in total. The van der Waals surface area contributed by atoms with Gasteiger partial charge in [0.05, 0.1) is 26.7 Å². The summed E-state index contributed by atoms with van der Waals surface area (Å²) in [5.74, 6) is 0.160. The Balaban J connectivity index is 1.88. The lowest BCUT2D eigenvalue weighted by Crippen LogP contribution is -2.28. The largest absolute Gasteiger partial charge is 0.369 e. The van der Waals surface area contributed by atoms with E-state index in [9.17, 15) is 16.8 Å². The van der Waals surface area contributed by atoms with Crippen LogP contribution in [0.1, 0.15) is 12.0 Å². The molecule has 33 heavy (non-hydrogen) atoms. The molecule has 0 bridgehead atoms. The number of nitrogens with two attached hydrogens (primary N) is 2. The lowest BCUT2D eigenvalue weighted by Gasteiger charge is -2.19. The number of hydrogen-bond acceptors (Lipinski definition) is 10. The van der Waals surface area contributed by atoms with Crippen molar-refractivity contribution in [3.63, 3.8) is 0 Å². The Morgan fingerprint density at radius 3 is 2.55 bits per heavy atom. The Kier molecular flexibility index (Phi) is 5.04. The summed E-state index contributed by atoms with van der Waals surface area (Å²) in [7, 11) is -8.56. The second kappa shape index (κ2) is 7.69. The number of nitrogens with one attached hydrogen (secondary N) is 2. The number of azo groups is 1. The van der Waals surface area contributed by atoms with Crippen molar-refractivity contribution in [1.82, 2.24) is 15.3 Å². The summed E-state index contributed by atoms with van der Waals surface area (Å²) < 4.78 is 52.6. The number of nitrogens with zero attached hydrogens (tertiary/aromatic N) is 4. The van der Waals surface area contributed by atoms with Crippen molar-refractivity contribution in [2.75, 3.05) is 25.5 Å². The number of imidazole rings is 1. The molecule has 1 fully saturated rings. The number of para-hydroxylation sites is 1. The van der Waals surface area contributed by atoms with Gasteiger partial charge in [-0.05, 0) is 30.7 Å². The van der Waals surface area contributed by atoms with E-state index in [0.29, 0.717) is 35.1 Å². The van der Waals surface area contributed by atoms with Crippen molar-refractivity contribution in [3.05, 3.63) is 35.9 Å². The van der Waals surface area contributed by atoms with Crippen molar-refractivity contribution >= 4 is 42.7 Å². The summed E-state index contributed by atoms with van der Waals surface area (Å²) in [6, 6.07) is 8.02. The first-order chi connectivity index (χ1) is 15.7. The fraction of sp³-hybridized carbons (Fsp3) is 0.263. The molecule has 3 heterocycles. The van der Waals surface area contributed by atoms with Crippen LogP contribution in [0, 0.1) is 0 Å². The molecule has 14 heteroatoms. The number of primary sulfonamides is 1. The number of rotatable bonds is 5. The molecule has 1 aromatic heterocycles. The van der Waals surface area contributed by atoms with Crippen LogP contribution >= 0.6 is 0 Å². The van der Waals surface area contributed by atoms with Crippen LogP contribution in [0.3, 0.4) is 0 Å². The Hall–Kier alpha value is -3.20. The highest BCUT2D eigenvalue weighted by Gasteiger charge is 2.37. The molecule has 5 rings (SSSR count). The van der Waals surface area contributed by atoms with Crippen molar-refractivity contribution < 1.29 is 16.8 Å². The first-order valence-corrected chi connectivity index (χ1v) is 13.1. The highest BCUT2D eigenvalue weighted by molar-refractivity contribution is 7.94. The fourth-order valence-electron chi connectivity index (χ4n) is 4.22. The SMILES string of the molecule is Nc1nc2c(-c3ccc(S(=O)(=O)[C@@H]4CCNC4)c(S(N)(=O)=O)c3C3=NCN=N3)cccc2[nH]1. The molecule has 2 aliphatic rings. The normalized spacial score (nSPS) is 18.8. The molecule has 0 saturated carbocycles. The molecule has 0 radical (unpaired) electrons. The van der Waals surface area contributed by atoms with Gasteiger partial charge >= 0.3 is 0 Å². The number of nitrogen functional groups attached to an aromatic ring is 1. The number of benzene rings is 2. The number of aliphatic imine (C=N–C) groups is 1. The van der Waals surface area contributed by atoms with Gasteiger partial charge in [0.2, 0.25) is 10.0 Å². The molecule has 6 N–H and O–H groups in total. The number of sulfonamides is 1. The van der Waals surface area contributed by atoms with E-state index in [1.807, 2.05) is 0 Å². The topological polar surface area (TPSA) is 198 Å². The zero-order chi connectivity index (χ0) is 23.4. The lowest BCUT2D eigenvalue weighted by molar-refractivity contribution is 0.574. The van der Waals surface area contributed by atoms with Crippen LogP contribution in [0.4, 0.5) is 5.95 Å². The maximum Gasteiger partial charge on any atom is 0.240 e. The molecule has 2 aromatic carbocycles. The van der Waals surface area contributed by atoms with Crippen molar-refractivity contribution in [1.29, 1.82) is 0 Å². The molecule has 0 spiro atoms. The number of amidine groups is 1. The van der Waals surface area contributed by atoms with Crippen LogP contribution in [0.2, 0.25) is 0 Å². The van der Waals surface area contributed by atoms with Gasteiger partial charge in [-0.1, -0.05) is 18.2 Å². The Morgan fingerprint density at radius 2 is 1.88 bits per heavy atom. The summed E-state index contributed by atoms with van der Waals surface area (Å²) in [6.45, 7) is 0.723. The van der Waals surface area contributed by atoms with Gasteiger partial charge in [0, 0.05) is 12.1 Å². The Morgan fingerprint density at radius 1 is 1.06 bits per heavy atom. The van der Waals surface area contributed by atoms with Gasteiger partial charge in [-0.25, -0.2) is 32.0 Å². The number of sulfone groups is 1. The Bertz CT molecular complexity index is 1550. The smallest absolute Gasteiger partial charge is 0.240 e. The van der Waals surface area contributed by atoms with Crippen molar-refractivity contribution in [2.24, 2.45) is 20.4 Å². The summed E-state index contributed by atoms with van der Waals surface area (Å²) in [4.78, 5) is 10.5. The highest BCUT2D eigenvalue weighted by Crippen LogP contribution is 2.38. The van der Waals surface area contributed by atoms with Gasteiger partial charge in [0.25, 0.3) is 0 Å². The molecule has 2 aliphatic heterocycles. The molecule has 172 valence electrons. The summed E-state index contributed by atoms with van der Waals surface area (Å²) >= 11 is 0. The van der Waals surface area contributed by atoms with E-state index in [4.69, 9.17) is 10.9 Å². The number of fused-ring (bicyclic) bond motifs is 1. The van der Waals surface area contributed by atoms with Crippen LogP contribution in [-0.2, 0) is 19.9 Å². The van der Waals surface area contributed by atoms with Crippen LogP contribution in [0.25, 0.3) is 22.2 Å². The van der Waals surface area contributed by atoms with E-state index < -0.39 is 30.0 Å². The van der Waals surface area contributed by atoms with Crippen LogP contribution in [-0.4, -0.2) is 57.6 Å². The Labute approximate surface area is 189 Å². The standard InChI is InChI=1S/C19H20N8O4S2/c20-19-25-13-3-1-2-12(16(13)26-19)11-4-5-14(32(28,29)10-6-7-22-8-10)17(33(21,30)31)15(11)18-23-9-24-27-18/h1-5,10,22H,6-9H2,(H3,20,25,26)(H2,21,30,31)/t10-/m1/s1.